The lowest BCUT2D eigenvalue weighted by Gasteiger charge is -2.40. The minimum Gasteiger partial charge on any atom is -0.394 e. The predicted octanol–water partition coefficient (Wildman–Crippen LogP) is 3.61. The molecule has 10 nitrogen and oxygen atoms in total. The van der Waals surface area contributed by atoms with Crippen LogP contribution >= 0.6 is 0 Å². The molecule has 3 rings (SSSR count). The van der Waals surface area contributed by atoms with Crippen LogP contribution < -0.4 is 5.32 Å². The molecule has 1 heterocycles. The number of ether oxygens (including phenoxy) is 2. The van der Waals surface area contributed by atoms with E-state index in [0.29, 0.717) is 19.3 Å². The van der Waals surface area contributed by atoms with Gasteiger partial charge < -0.3 is 45.4 Å². The number of aliphatic hydroxyl groups is 6. The summed E-state index contributed by atoms with van der Waals surface area (Å²) in [5, 5.41) is 65.6. The Labute approximate surface area is 275 Å². The fourth-order valence-electron chi connectivity index (χ4n) is 6.95. The van der Waals surface area contributed by atoms with E-state index < -0.39 is 61.0 Å². The number of benzene rings is 1. The van der Waals surface area contributed by atoms with Gasteiger partial charge in [0.2, 0.25) is 5.91 Å². The molecule has 1 aliphatic heterocycles. The Kier molecular flexibility index (Phi) is 17.4. The number of rotatable bonds is 22. The summed E-state index contributed by atoms with van der Waals surface area (Å²) in [5.41, 5.74) is 0.119. The standard InChI is InChI=1S/C36H61NO9/c1-2-3-4-5-6-7-8-9-10-11-12-16-21-28(39)30(40)27(25-45-34-33(43)32(42)31(41)29(24-38)46-34)37-35(44)36(22-17-18-23-36)26-19-14-13-15-20-26/h13-15,19-20,27-34,38-43H,2-12,16-18,21-25H2,1H3,(H,37,44)/t27-,28+,29+,30-,31-,32-,33+,34-/m0/s1. The zero-order valence-corrected chi connectivity index (χ0v) is 27.8. The number of amides is 1. The van der Waals surface area contributed by atoms with Gasteiger partial charge in [0.25, 0.3) is 0 Å². The van der Waals surface area contributed by atoms with Gasteiger partial charge in [-0.1, -0.05) is 127 Å². The zero-order valence-electron chi connectivity index (χ0n) is 27.8. The maximum atomic E-state index is 13.9. The first-order valence-corrected chi connectivity index (χ1v) is 17.9. The predicted molar refractivity (Wildman–Crippen MR) is 176 cm³/mol. The number of unbranched alkanes of at least 4 members (excludes halogenated alkanes) is 11. The van der Waals surface area contributed by atoms with Gasteiger partial charge in [0.15, 0.2) is 6.29 Å². The van der Waals surface area contributed by atoms with Crippen LogP contribution in [0.5, 0.6) is 0 Å². The third-order valence-electron chi connectivity index (χ3n) is 9.98. The van der Waals surface area contributed by atoms with Crippen molar-refractivity contribution < 1.29 is 44.9 Å². The summed E-state index contributed by atoms with van der Waals surface area (Å²) in [5.74, 6) is -0.268. The highest BCUT2D eigenvalue weighted by molar-refractivity contribution is 5.88. The first-order valence-electron chi connectivity index (χ1n) is 17.9. The monoisotopic (exact) mass is 651 g/mol. The number of hydrogen-bond donors (Lipinski definition) is 7. The summed E-state index contributed by atoms with van der Waals surface area (Å²) in [6, 6.07) is 8.52. The largest absolute Gasteiger partial charge is 0.394 e. The fraction of sp³-hybridized carbons (Fsp3) is 0.806. The molecule has 8 atom stereocenters. The Bertz CT molecular complexity index is 958. The molecule has 10 heteroatoms. The number of aliphatic hydroxyl groups excluding tert-OH is 6. The van der Waals surface area contributed by atoms with Gasteiger partial charge in [0, 0.05) is 0 Å². The smallest absolute Gasteiger partial charge is 0.231 e. The lowest BCUT2D eigenvalue weighted by molar-refractivity contribution is -0.303. The van der Waals surface area contributed by atoms with E-state index >= 15 is 0 Å². The maximum absolute atomic E-state index is 13.9. The highest BCUT2D eigenvalue weighted by Crippen LogP contribution is 2.41. The number of carbonyl (C=O) groups is 1. The van der Waals surface area contributed by atoms with Crippen molar-refractivity contribution in [1.82, 2.24) is 5.32 Å². The normalized spacial score (nSPS) is 26.5. The molecule has 1 aromatic rings. The Balaban J connectivity index is 1.57. The average molecular weight is 652 g/mol. The summed E-state index contributed by atoms with van der Waals surface area (Å²) in [7, 11) is 0. The summed E-state index contributed by atoms with van der Waals surface area (Å²) < 4.78 is 11.2. The average Bonchev–Trinajstić information content (AvgIpc) is 3.58. The third kappa shape index (κ3) is 11.2. The van der Waals surface area contributed by atoms with Crippen LogP contribution in [0.25, 0.3) is 0 Å². The second-order valence-electron chi connectivity index (χ2n) is 13.5. The van der Waals surface area contributed by atoms with Crippen molar-refractivity contribution in [3.63, 3.8) is 0 Å². The second-order valence-corrected chi connectivity index (χ2v) is 13.5. The van der Waals surface area contributed by atoms with Crippen LogP contribution in [0.4, 0.5) is 0 Å². The number of carbonyl (C=O) groups excluding carboxylic acids is 1. The fourth-order valence-corrected chi connectivity index (χ4v) is 6.95. The van der Waals surface area contributed by atoms with E-state index in [4.69, 9.17) is 9.47 Å². The molecular formula is C36H61NO9. The van der Waals surface area contributed by atoms with Crippen molar-refractivity contribution in [2.45, 2.75) is 170 Å². The minimum atomic E-state index is -1.62. The molecule has 1 saturated carbocycles. The number of nitrogens with one attached hydrogen (secondary N) is 1. The highest BCUT2D eigenvalue weighted by Gasteiger charge is 2.46. The molecule has 264 valence electrons. The molecule has 2 fully saturated rings. The van der Waals surface area contributed by atoms with Gasteiger partial charge in [-0.15, -0.1) is 0 Å². The molecule has 0 aromatic heterocycles. The van der Waals surface area contributed by atoms with Gasteiger partial charge in [-0.2, -0.15) is 0 Å². The Morgan fingerprint density at radius 3 is 2.00 bits per heavy atom. The molecule has 0 spiro atoms. The van der Waals surface area contributed by atoms with Gasteiger partial charge in [-0.05, 0) is 24.8 Å². The Morgan fingerprint density at radius 1 is 0.870 bits per heavy atom. The van der Waals surface area contributed by atoms with E-state index in [2.05, 4.69) is 12.2 Å². The maximum Gasteiger partial charge on any atom is 0.231 e. The Morgan fingerprint density at radius 2 is 1.43 bits per heavy atom. The van der Waals surface area contributed by atoms with E-state index in [0.717, 1.165) is 44.1 Å². The lowest BCUT2D eigenvalue weighted by Crippen LogP contribution is -2.60. The van der Waals surface area contributed by atoms with Crippen molar-refractivity contribution >= 4 is 5.91 Å². The molecule has 1 amide bonds. The highest BCUT2D eigenvalue weighted by atomic mass is 16.7. The molecule has 46 heavy (non-hydrogen) atoms. The number of hydrogen-bond acceptors (Lipinski definition) is 9. The summed E-state index contributed by atoms with van der Waals surface area (Å²) in [6.45, 7) is 1.29. The molecule has 2 aliphatic rings. The van der Waals surface area contributed by atoms with Gasteiger partial charge in [-0.3, -0.25) is 4.79 Å². The molecule has 1 aromatic carbocycles. The van der Waals surface area contributed by atoms with E-state index in [1.807, 2.05) is 30.3 Å². The summed E-state index contributed by atoms with van der Waals surface area (Å²) >= 11 is 0. The van der Waals surface area contributed by atoms with Gasteiger partial charge >= 0.3 is 0 Å². The molecule has 1 aliphatic carbocycles. The summed E-state index contributed by atoms with van der Waals surface area (Å²) in [6.07, 6.45) is 7.82. The van der Waals surface area contributed by atoms with Crippen LogP contribution in [-0.4, -0.2) is 98.7 Å². The van der Waals surface area contributed by atoms with E-state index in [1.165, 1.54) is 51.4 Å². The van der Waals surface area contributed by atoms with Crippen LogP contribution in [0.1, 0.15) is 122 Å². The lowest BCUT2D eigenvalue weighted by atomic mass is 9.77. The van der Waals surface area contributed by atoms with Crippen LogP contribution in [-0.2, 0) is 19.7 Å². The van der Waals surface area contributed by atoms with Crippen molar-refractivity contribution in [2.75, 3.05) is 13.2 Å². The van der Waals surface area contributed by atoms with Crippen LogP contribution in [0.2, 0.25) is 0 Å². The van der Waals surface area contributed by atoms with Crippen LogP contribution in [0.15, 0.2) is 30.3 Å². The first kappa shape index (κ1) is 38.8. The SMILES string of the molecule is CCCCCCCCCCCCCC[C@@H](O)[C@@H](O)[C@H](CO[C@H]1O[C@H](CO)[C@H](O)[C@H](O)[C@H]1O)NC(=O)C1(c2ccccc2)CCCC1. The molecule has 0 radical (unpaired) electrons. The first-order chi connectivity index (χ1) is 22.2. The van der Waals surface area contributed by atoms with Crippen LogP contribution in [0.3, 0.4) is 0 Å². The quantitative estimate of drug-likeness (QED) is 0.0927. The zero-order chi connectivity index (χ0) is 33.4. The molecule has 7 N–H and O–H groups in total. The Hall–Kier alpha value is -1.63. The molecule has 0 bridgehead atoms. The minimum absolute atomic E-state index is 0.268. The van der Waals surface area contributed by atoms with Crippen molar-refractivity contribution in [2.24, 2.45) is 0 Å². The van der Waals surface area contributed by atoms with Gasteiger partial charge in [0.1, 0.15) is 30.5 Å². The van der Waals surface area contributed by atoms with Crippen LogP contribution in [0, 0.1) is 0 Å². The van der Waals surface area contributed by atoms with E-state index in [9.17, 15) is 35.4 Å². The van der Waals surface area contributed by atoms with Gasteiger partial charge in [-0.25, -0.2) is 0 Å². The molecule has 0 unspecified atom stereocenters. The topological polar surface area (TPSA) is 169 Å². The second kappa shape index (κ2) is 20.7. The van der Waals surface area contributed by atoms with Crippen molar-refractivity contribution in [3.05, 3.63) is 35.9 Å². The summed E-state index contributed by atoms with van der Waals surface area (Å²) in [4.78, 5) is 13.9. The molecule has 1 saturated heterocycles. The molecular weight excluding hydrogens is 590 g/mol. The van der Waals surface area contributed by atoms with Crippen molar-refractivity contribution in [1.29, 1.82) is 0 Å². The van der Waals surface area contributed by atoms with E-state index in [-0.39, 0.29) is 12.5 Å². The van der Waals surface area contributed by atoms with E-state index in [1.54, 1.807) is 0 Å². The van der Waals surface area contributed by atoms with Gasteiger partial charge in [0.05, 0.1) is 30.8 Å². The van der Waals surface area contributed by atoms with Crippen molar-refractivity contribution in [3.8, 4) is 0 Å². The third-order valence-corrected chi connectivity index (χ3v) is 9.98.